The van der Waals surface area contributed by atoms with E-state index in [4.69, 9.17) is 4.52 Å². The summed E-state index contributed by atoms with van der Waals surface area (Å²) in [6.45, 7) is 7.42. The summed E-state index contributed by atoms with van der Waals surface area (Å²) in [4.78, 5) is 12.5. The molecule has 1 N–H and O–H groups in total. The van der Waals surface area contributed by atoms with Gasteiger partial charge >= 0.3 is 0 Å². The topological polar surface area (TPSA) is 76.7 Å². The summed E-state index contributed by atoms with van der Waals surface area (Å²) in [6, 6.07) is 2.11. The van der Waals surface area contributed by atoms with Gasteiger partial charge in [-0.05, 0) is 25.5 Å². The number of nitrogens with one attached hydrogen (secondary N) is 1. The predicted molar refractivity (Wildman–Crippen MR) is 76.1 cm³/mol. The summed E-state index contributed by atoms with van der Waals surface area (Å²) >= 11 is 0. The molecule has 6 heteroatoms. The van der Waals surface area contributed by atoms with E-state index in [0.717, 1.165) is 19.4 Å². The normalized spacial score (nSPS) is 14.2. The average Bonchev–Trinajstić information content (AvgIpc) is 2.98. The smallest absolute Gasteiger partial charge is 0.231 e. The fourth-order valence-corrected chi connectivity index (χ4v) is 2.12. The van der Waals surface area contributed by atoms with E-state index in [-0.39, 0.29) is 5.92 Å². The third-order valence-electron chi connectivity index (χ3n) is 3.34. The molecule has 0 spiro atoms. The van der Waals surface area contributed by atoms with Crippen molar-refractivity contribution in [3.05, 3.63) is 24.5 Å². The van der Waals surface area contributed by atoms with E-state index >= 15 is 0 Å². The molecule has 20 heavy (non-hydrogen) atoms. The van der Waals surface area contributed by atoms with Crippen LogP contribution in [0.25, 0.3) is 11.5 Å². The van der Waals surface area contributed by atoms with Gasteiger partial charge in [0.2, 0.25) is 11.7 Å². The van der Waals surface area contributed by atoms with Crippen molar-refractivity contribution in [2.24, 2.45) is 0 Å². The van der Waals surface area contributed by atoms with Crippen LogP contribution in [0.2, 0.25) is 0 Å². The van der Waals surface area contributed by atoms with Crippen molar-refractivity contribution >= 4 is 0 Å². The molecule has 0 amide bonds. The molecular formula is C14H21N5O. The maximum Gasteiger partial charge on any atom is 0.231 e. The second-order valence-electron chi connectivity index (χ2n) is 4.81. The Hall–Kier alpha value is -1.82. The van der Waals surface area contributed by atoms with Gasteiger partial charge in [-0.15, -0.1) is 0 Å². The molecule has 2 unspecified atom stereocenters. The molecule has 6 nitrogen and oxygen atoms in total. The summed E-state index contributed by atoms with van der Waals surface area (Å²) in [7, 11) is 0. The minimum Gasteiger partial charge on any atom is -0.339 e. The van der Waals surface area contributed by atoms with Gasteiger partial charge in [0.15, 0.2) is 0 Å². The molecule has 0 aromatic carbocycles. The molecule has 0 fully saturated rings. The molecule has 2 aromatic heterocycles. The Labute approximate surface area is 119 Å². The zero-order valence-corrected chi connectivity index (χ0v) is 12.2. The van der Waals surface area contributed by atoms with Gasteiger partial charge in [0.25, 0.3) is 0 Å². The highest BCUT2D eigenvalue weighted by Gasteiger charge is 2.22. The lowest BCUT2D eigenvalue weighted by atomic mass is 9.99. The van der Waals surface area contributed by atoms with Crippen molar-refractivity contribution in [3.8, 4) is 11.5 Å². The summed E-state index contributed by atoms with van der Waals surface area (Å²) in [5, 5.41) is 7.51. The monoisotopic (exact) mass is 275 g/mol. The highest BCUT2D eigenvalue weighted by Crippen LogP contribution is 2.22. The SMILES string of the molecule is CCCNC(CC)C(C)c1nc(-c2ccncn2)no1. The largest absolute Gasteiger partial charge is 0.339 e. The highest BCUT2D eigenvalue weighted by atomic mass is 16.5. The second kappa shape index (κ2) is 7.09. The molecule has 2 atom stereocenters. The Kier molecular flexibility index (Phi) is 5.17. The molecule has 2 heterocycles. The van der Waals surface area contributed by atoms with Crippen LogP contribution >= 0.6 is 0 Å². The van der Waals surface area contributed by atoms with Crippen LogP contribution in [0.1, 0.15) is 45.4 Å². The van der Waals surface area contributed by atoms with Gasteiger partial charge in [-0.1, -0.05) is 25.9 Å². The maximum absolute atomic E-state index is 5.38. The van der Waals surface area contributed by atoms with Crippen molar-refractivity contribution in [2.75, 3.05) is 6.54 Å². The van der Waals surface area contributed by atoms with Crippen LogP contribution in [0, 0.1) is 0 Å². The lowest BCUT2D eigenvalue weighted by Crippen LogP contribution is -2.33. The van der Waals surface area contributed by atoms with Crippen LogP contribution in [0.4, 0.5) is 0 Å². The third-order valence-corrected chi connectivity index (χ3v) is 3.34. The standard InChI is InChI=1S/C14H21N5O/c1-4-7-16-11(5-2)10(3)14-18-13(19-20-14)12-6-8-15-9-17-12/h6,8-11,16H,4-5,7H2,1-3H3. The van der Waals surface area contributed by atoms with Crippen molar-refractivity contribution in [3.63, 3.8) is 0 Å². The molecule has 0 saturated heterocycles. The molecule has 0 aliphatic heterocycles. The van der Waals surface area contributed by atoms with E-state index in [9.17, 15) is 0 Å². The van der Waals surface area contributed by atoms with Crippen LogP contribution in [0.5, 0.6) is 0 Å². The first-order chi connectivity index (χ1) is 9.76. The number of hydrogen-bond donors (Lipinski definition) is 1. The van der Waals surface area contributed by atoms with Crippen LogP contribution in [0.15, 0.2) is 23.1 Å². The predicted octanol–water partition coefficient (Wildman–Crippen LogP) is 2.41. The fourth-order valence-electron chi connectivity index (χ4n) is 2.12. The first kappa shape index (κ1) is 14.6. The Morgan fingerprint density at radius 3 is 2.85 bits per heavy atom. The number of aromatic nitrogens is 4. The molecule has 0 aliphatic rings. The van der Waals surface area contributed by atoms with E-state index in [0.29, 0.717) is 23.5 Å². The number of nitrogens with zero attached hydrogens (tertiary/aromatic N) is 4. The summed E-state index contributed by atoms with van der Waals surface area (Å²) < 4.78 is 5.38. The summed E-state index contributed by atoms with van der Waals surface area (Å²) in [5.41, 5.74) is 0.678. The van der Waals surface area contributed by atoms with Crippen LogP contribution in [-0.2, 0) is 0 Å². The Morgan fingerprint density at radius 1 is 1.35 bits per heavy atom. The van der Waals surface area contributed by atoms with Gasteiger partial charge in [0.1, 0.15) is 12.0 Å². The fraction of sp³-hybridized carbons (Fsp3) is 0.571. The minimum atomic E-state index is 0.176. The van der Waals surface area contributed by atoms with Gasteiger partial charge in [-0.3, -0.25) is 0 Å². The molecule has 108 valence electrons. The molecule has 2 aromatic rings. The number of hydrogen-bond acceptors (Lipinski definition) is 6. The molecule has 0 aliphatic carbocycles. The Balaban J connectivity index is 2.11. The van der Waals surface area contributed by atoms with E-state index in [1.807, 2.05) is 0 Å². The first-order valence-corrected chi connectivity index (χ1v) is 7.09. The zero-order valence-electron chi connectivity index (χ0n) is 12.2. The third kappa shape index (κ3) is 3.39. The van der Waals surface area contributed by atoms with Crippen molar-refractivity contribution in [1.82, 2.24) is 25.4 Å². The lowest BCUT2D eigenvalue weighted by Gasteiger charge is -2.20. The van der Waals surface area contributed by atoms with Crippen molar-refractivity contribution in [2.45, 2.75) is 45.6 Å². The van der Waals surface area contributed by atoms with Crippen molar-refractivity contribution < 1.29 is 4.52 Å². The molecule has 0 bridgehead atoms. The van der Waals surface area contributed by atoms with E-state index < -0.39 is 0 Å². The first-order valence-electron chi connectivity index (χ1n) is 7.09. The van der Waals surface area contributed by atoms with Gasteiger partial charge in [0, 0.05) is 12.2 Å². The van der Waals surface area contributed by atoms with Gasteiger partial charge in [0.05, 0.1) is 5.92 Å². The molecule has 0 radical (unpaired) electrons. The number of rotatable bonds is 7. The Bertz CT molecular complexity index is 513. The van der Waals surface area contributed by atoms with E-state index in [1.165, 1.54) is 6.33 Å². The summed E-state index contributed by atoms with van der Waals surface area (Å²) in [6.07, 6.45) is 5.28. The van der Waals surface area contributed by atoms with Crippen LogP contribution in [-0.4, -0.2) is 32.7 Å². The molecule has 0 saturated carbocycles. The van der Waals surface area contributed by atoms with Crippen LogP contribution < -0.4 is 5.32 Å². The van der Waals surface area contributed by atoms with Gasteiger partial charge < -0.3 is 9.84 Å². The molecule has 2 rings (SSSR count). The van der Waals surface area contributed by atoms with Gasteiger partial charge in [-0.2, -0.15) is 4.98 Å². The van der Waals surface area contributed by atoms with Crippen molar-refractivity contribution in [1.29, 1.82) is 0 Å². The zero-order chi connectivity index (χ0) is 14.4. The quantitative estimate of drug-likeness (QED) is 0.836. The lowest BCUT2D eigenvalue weighted by molar-refractivity contribution is 0.319. The van der Waals surface area contributed by atoms with Gasteiger partial charge in [-0.25, -0.2) is 9.97 Å². The second-order valence-corrected chi connectivity index (χ2v) is 4.81. The highest BCUT2D eigenvalue weighted by molar-refractivity contribution is 5.46. The summed E-state index contributed by atoms with van der Waals surface area (Å²) in [5.74, 6) is 1.34. The maximum atomic E-state index is 5.38. The van der Waals surface area contributed by atoms with Crippen LogP contribution in [0.3, 0.4) is 0 Å². The van der Waals surface area contributed by atoms with E-state index in [1.54, 1.807) is 12.3 Å². The molecular weight excluding hydrogens is 254 g/mol. The average molecular weight is 275 g/mol. The minimum absolute atomic E-state index is 0.176. The van der Waals surface area contributed by atoms with E-state index in [2.05, 4.69) is 46.2 Å². The Morgan fingerprint density at radius 2 is 2.20 bits per heavy atom.